The lowest BCUT2D eigenvalue weighted by molar-refractivity contribution is 0.0573. The molecular formula is C18H29ClN2O3. The average Bonchev–Trinajstić information content (AvgIpc) is 2.56. The molecule has 5 nitrogen and oxygen atoms in total. The van der Waals surface area contributed by atoms with Crippen molar-refractivity contribution in [2.75, 3.05) is 26.3 Å². The molecule has 1 aliphatic rings. The monoisotopic (exact) mass is 356 g/mol. The molecule has 1 fully saturated rings. The first-order chi connectivity index (χ1) is 11.1. The quantitative estimate of drug-likeness (QED) is 0.850. The minimum atomic E-state index is 0. The number of piperidine rings is 1. The fourth-order valence-electron chi connectivity index (χ4n) is 3.09. The van der Waals surface area contributed by atoms with Gasteiger partial charge in [-0.05, 0) is 50.8 Å². The highest BCUT2D eigenvalue weighted by molar-refractivity contribution is 5.95. The van der Waals surface area contributed by atoms with Gasteiger partial charge in [-0.2, -0.15) is 0 Å². The minimum absolute atomic E-state index is 0. The Morgan fingerprint density at radius 3 is 2.54 bits per heavy atom. The van der Waals surface area contributed by atoms with Gasteiger partial charge < -0.3 is 20.1 Å². The maximum atomic E-state index is 12.9. The largest absolute Gasteiger partial charge is 0.490 e. The Labute approximate surface area is 150 Å². The number of halogens is 1. The summed E-state index contributed by atoms with van der Waals surface area (Å²) in [5, 5.41) is 0. The zero-order chi connectivity index (χ0) is 16.8. The second-order valence-electron chi connectivity index (χ2n) is 6.05. The van der Waals surface area contributed by atoms with Crippen LogP contribution in [-0.4, -0.2) is 43.2 Å². The van der Waals surface area contributed by atoms with Crippen LogP contribution in [0.15, 0.2) is 18.2 Å². The second kappa shape index (κ2) is 9.74. The van der Waals surface area contributed by atoms with Crippen LogP contribution in [0.2, 0.25) is 0 Å². The molecule has 0 aromatic heterocycles. The Morgan fingerprint density at radius 2 is 1.92 bits per heavy atom. The fourth-order valence-corrected chi connectivity index (χ4v) is 3.09. The van der Waals surface area contributed by atoms with Crippen molar-refractivity contribution < 1.29 is 14.3 Å². The molecule has 1 amide bonds. The highest BCUT2D eigenvalue weighted by atomic mass is 35.5. The van der Waals surface area contributed by atoms with E-state index < -0.39 is 0 Å². The highest BCUT2D eigenvalue weighted by Crippen LogP contribution is 2.30. The molecule has 136 valence electrons. The minimum Gasteiger partial charge on any atom is -0.490 e. The molecule has 0 aliphatic carbocycles. The second-order valence-corrected chi connectivity index (χ2v) is 6.05. The zero-order valence-corrected chi connectivity index (χ0v) is 15.6. The Balaban J connectivity index is 0.00000288. The van der Waals surface area contributed by atoms with Crippen LogP contribution in [0.25, 0.3) is 0 Å². The number of carbonyl (C=O) groups is 1. The molecule has 1 saturated heterocycles. The van der Waals surface area contributed by atoms with Gasteiger partial charge in [0.05, 0.1) is 13.2 Å². The number of hydrogen-bond acceptors (Lipinski definition) is 4. The lowest BCUT2D eigenvalue weighted by Gasteiger charge is -2.38. The van der Waals surface area contributed by atoms with E-state index in [4.69, 9.17) is 15.2 Å². The number of rotatable bonds is 6. The molecule has 2 N–H and O–H groups in total. The van der Waals surface area contributed by atoms with Crippen LogP contribution in [-0.2, 0) is 0 Å². The molecule has 0 radical (unpaired) electrons. The van der Waals surface area contributed by atoms with Crippen LogP contribution in [0.3, 0.4) is 0 Å². The number of likely N-dealkylation sites (tertiary alicyclic amines) is 1. The predicted molar refractivity (Wildman–Crippen MR) is 98.3 cm³/mol. The van der Waals surface area contributed by atoms with Gasteiger partial charge in [-0.15, -0.1) is 12.4 Å². The maximum Gasteiger partial charge on any atom is 0.254 e. The van der Waals surface area contributed by atoms with Crippen LogP contribution in [0.1, 0.15) is 44.0 Å². The van der Waals surface area contributed by atoms with Crippen LogP contribution in [0.4, 0.5) is 0 Å². The summed E-state index contributed by atoms with van der Waals surface area (Å²) in [5.41, 5.74) is 6.50. The van der Waals surface area contributed by atoms with E-state index >= 15 is 0 Å². The Kier molecular flexibility index (Phi) is 8.36. The van der Waals surface area contributed by atoms with Gasteiger partial charge in [-0.3, -0.25) is 4.79 Å². The normalized spacial score (nSPS) is 20.2. The van der Waals surface area contributed by atoms with Gasteiger partial charge >= 0.3 is 0 Å². The van der Waals surface area contributed by atoms with E-state index in [0.717, 1.165) is 19.4 Å². The molecule has 0 bridgehead atoms. The van der Waals surface area contributed by atoms with Gasteiger partial charge in [-0.1, -0.05) is 6.92 Å². The summed E-state index contributed by atoms with van der Waals surface area (Å²) in [7, 11) is 0. The van der Waals surface area contributed by atoms with Crippen LogP contribution in [0, 0.1) is 5.92 Å². The van der Waals surface area contributed by atoms with Crippen molar-refractivity contribution in [3.05, 3.63) is 23.8 Å². The van der Waals surface area contributed by atoms with Crippen LogP contribution >= 0.6 is 12.4 Å². The molecule has 2 unspecified atom stereocenters. The van der Waals surface area contributed by atoms with Crippen LogP contribution in [0.5, 0.6) is 11.5 Å². The van der Waals surface area contributed by atoms with Crippen molar-refractivity contribution in [2.24, 2.45) is 11.7 Å². The number of carbonyl (C=O) groups excluding carboxylic acids is 1. The Bertz CT molecular complexity index is 539. The van der Waals surface area contributed by atoms with E-state index in [2.05, 4.69) is 6.92 Å². The van der Waals surface area contributed by atoms with Gasteiger partial charge in [0.1, 0.15) is 0 Å². The standard InChI is InChI=1S/C18H28N2O3.ClH/c1-4-22-16-7-6-14(11-17(16)23-5-2)18(21)20-9-8-13(3)10-15(20)12-19;/h6-7,11,13,15H,4-5,8-10,12,19H2,1-3H3;1H. The van der Waals surface area contributed by atoms with E-state index in [-0.39, 0.29) is 24.4 Å². The molecule has 2 rings (SSSR count). The third-order valence-corrected chi connectivity index (χ3v) is 4.30. The number of benzene rings is 1. The average molecular weight is 357 g/mol. The van der Waals surface area contributed by atoms with Gasteiger partial charge in [-0.25, -0.2) is 0 Å². The van der Waals surface area contributed by atoms with Gasteiger partial charge in [0, 0.05) is 24.7 Å². The number of ether oxygens (including phenoxy) is 2. The van der Waals surface area contributed by atoms with Crippen molar-refractivity contribution in [3.8, 4) is 11.5 Å². The van der Waals surface area contributed by atoms with Gasteiger partial charge in [0.15, 0.2) is 11.5 Å². The maximum absolute atomic E-state index is 12.9. The number of amides is 1. The summed E-state index contributed by atoms with van der Waals surface area (Å²) in [6, 6.07) is 5.52. The fraction of sp³-hybridized carbons (Fsp3) is 0.611. The summed E-state index contributed by atoms with van der Waals surface area (Å²) in [5.74, 6) is 1.94. The lowest BCUT2D eigenvalue weighted by atomic mass is 9.92. The molecule has 2 atom stereocenters. The zero-order valence-electron chi connectivity index (χ0n) is 14.8. The van der Waals surface area contributed by atoms with Crippen molar-refractivity contribution in [2.45, 2.75) is 39.7 Å². The summed E-state index contributed by atoms with van der Waals surface area (Å²) < 4.78 is 11.2. The summed E-state index contributed by atoms with van der Waals surface area (Å²) in [6.07, 6.45) is 2.00. The van der Waals surface area contributed by atoms with E-state index in [1.54, 1.807) is 6.07 Å². The molecule has 0 spiro atoms. The number of hydrogen-bond donors (Lipinski definition) is 1. The lowest BCUT2D eigenvalue weighted by Crippen LogP contribution is -2.49. The van der Waals surface area contributed by atoms with E-state index in [0.29, 0.717) is 42.7 Å². The van der Waals surface area contributed by atoms with E-state index in [1.807, 2.05) is 30.9 Å². The van der Waals surface area contributed by atoms with Crippen molar-refractivity contribution in [3.63, 3.8) is 0 Å². The highest BCUT2D eigenvalue weighted by Gasteiger charge is 2.29. The Morgan fingerprint density at radius 1 is 1.25 bits per heavy atom. The summed E-state index contributed by atoms with van der Waals surface area (Å²) in [4.78, 5) is 14.8. The molecule has 1 aromatic carbocycles. The Hall–Kier alpha value is -1.46. The number of nitrogens with two attached hydrogens (primary N) is 1. The summed E-state index contributed by atoms with van der Waals surface area (Å²) >= 11 is 0. The first kappa shape index (κ1) is 20.6. The first-order valence-corrected chi connectivity index (χ1v) is 8.51. The topological polar surface area (TPSA) is 64.8 Å². The van der Waals surface area contributed by atoms with Crippen molar-refractivity contribution >= 4 is 18.3 Å². The molecule has 6 heteroatoms. The molecule has 0 saturated carbocycles. The molecular weight excluding hydrogens is 328 g/mol. The first-order valence-electron chi connectivity index (χ1n) is 8.51. The molecule has 1 aromatic rings. The van der Waals surface area contributed by atoms with E-state index in [9.17, 15) is 4.79 Å². The predicted octanol–water partition coefficient (Wildman–Crippen LogP) is 3.11. The molecule has 24 heavy (non-hydrogen) atoms. The smallest absolute Gasteiger partial charge is 0.254 e. The molecule has 1 heterocycles. The van der Waals surface area contributed by atoms with Crippen molar-refractivity contribution in [1.82, 2.24) is 4.90 Å². The van der Waals surface area contributed by atoms with E-state index in [1.165, 1.54) is 0 Å². The summed E-state index contributed by atoms with van der Waals surface area (Å²) in [6.45, 7) is 8.42. The SMILES string of the molecule is CCOc1ccc(C(=O)N2CCC(C)CC2CN)cc1OCC.Cl. The third-order valence-electron chi connectivity index (χ3n) is 4.30. The van der Waals surface area contributed by atoms with Gasteiger partial charge in [0.25, 0.3) is 5.91 Å². The van der Waals surface area contributed by atoms with Crippen LogP contribution < -0.4 is 15.2 Å². The van der Waals surface area contributed by atoms with Gasteiger partial charge in [0.2, 0.25) is 0 Å². The van der Waals surface area contributed by atoms with Crippen molar-refractivity contribution in [1.29, 1.82) is 0 Å². The third kappa shape index (κ3) is 4.77. The number of nitrogens with zero attached hydrogens (tertiary/aromatic N) is 1. The molecule has 1 aliphatic heterocycles.